The predicted octanol–water partition coefficient (Wildman–Crippen LogP) is 5.97. The van der Waals surface area contributed by atoms with Crippen LogP contribution in [0.1, 0.15) is 38.9 Å². The fourth-order valence-corrected chi connectivity index (χ4v) is 2.80. The molecule has 0 aliphatic heterocycles. The first-order valence-electron chi connectivity index (χ1n) is 8.80. The lowest BCUT2D eigenvalue weighted by atomic mass is 10.0. The maximum atomic E-state index is 14.4. The zero-order chi connectivity index (χ0) is 21.1. The van der Waals surface area contributed by atoms with Crippen molar-refractivity contribution in [3.05, 3.63) is 105 Å². The largest absolute Gasteiger partial charge is 0.206 e. The monoisotopic (exact) mass is 392 g/mol. The average molecular weight is 392 g/mol. The van der Waals surface area contributed by atoms with Crippen LogP contribution < -0.4 is 0 Å². The third-order valence-electron chi connectivity index (χ3n) is 4.26. The highest BCUT2D eigenvalue weighted by Crippen LogP contribution is 2.17. The number of rotatable bonds is 0. The van der Waals surface area contributed by atoms with Crippen LogP contribution in [0.4, 0.5) is 17.6 Å². The number of aryl methyl sites for hydroxylation is 3. The summed E-state index contributed by atoms with van der Waals surface area (Å²) in [6, 6.07) is 9.85. The fourth-order valence-electron chi connectivity index (χ4n) is 2.80. The van der Waals surface area contributed by atoms with E-state index in [1.165, 1.54) is 0 Å². The first kappa shape index (κ1) is 20.2. The standard InChI is InChI=1S/C25H16F4/c1-15-4-6-19(17(3)10-15)7-9-21-24(28)13-18(14-25(21)29)5-8-20-22(26)11-16(2)12-23(20)27/h4,6,10-14H,1-3H3. The van der Waals surface area contributed by atoms with Gasteiger partial charge in [-0.25, -0.2) is 17.6 Å². The number of benzene rings is 3. The van der Waals surface area contributed by atoms with Gasteiger partial charge in [-0.1, -0.05) is 41.4 Å². The van der Waals surface area contributed by atoms with Crippen molar-refractivity contribution in [2.24, 2.45) is 0 Å². The second-order valence-electron chi connectivity index (χ2n) is 6.74. The molecule has 29 heavy (non-hydrogen) atoms. The lowest BCUT2D eigenvalue weighted by Crippen LogP contribution is -1.94. The Morgan fingerprint density at radius 1 is 0.552 bits per heavy atom. The molecule has 0 aliphatic carbocycles. The lowest BCUT2D eigenvalue weighted by Gasteiger charge is -2.01. The van der Waals surface area contributed by atoms with Gasteiger partial charge in [0, 0.05) is 11.1 Å². The van der Waals surface area contributed by atoms with Crippen LogP contribution in [0.2, 0.25) is 0 Å². The Balaban J connectivity index is 1.95. The molecule has 3 rings (SSSR count). The van der Waals surface area contributed by atoms with E-state index in [-0.39, 0.29) is 11.1 Å². The molecular formula is C25H16F4. The molecule has 4 heteroatoms. The van der Waals surface area contributed by atoms with Gasteiger partial charge < -0.3 is 0 Å². The zero-order valence-corrected chi connectivity index (χ0v) is 16.1. The maximum Gasteiger partial charge on any atom is 0.143 e. The molecule has 0 bridgehead atoms. The summed E-state index contributed by atoms with van der Waals surface area (Å²) in [7, 11) is 0. The van der Waals surface area contributed by atoms with Crippen LogP contribution in [0.3, 0.4) is 0 Å². The Morgan fingerprint density at radius 2 is 1.07 bits per heavy atom. The van der Waals surface area contributed by atoms with Crippen molar-refractivity contribution in [3.63, 3.8) is 0 Å². The molecule has 3 aromatic carbocycles. The Kier molecular flexibility index (Phi) is 5.76. The minimum Gasteiger partial charge on any atom is -0.206 e. The second-order valence-corrected chi connectivity index (χ2v) is 6.74. The number of hydrogen-bond acceptors (Lipinski definition) is 0. The van der Waals surface area contributed by atoms with E-state index in [1.54, 1.807) is 13.0 Å². The smallest absolute Gasteiger partial charge is 0.143 e. The summed E-state index contributed by atoms with van der Waals surface area (Å²) < 4.78 is 56.4. The fraction of sp³-hybridized carbons (Fsp3) is 0.120. The van der Waals surface area contributed by atoms with Crippen molar-refractivity contribution in [3.8, 4) is 23.7 Å². The van der Waals surface area contributed by atoms with Crippen molar-refractivity contribution < 1.29 is 17.6 Å². The van der Waals surface area contributed by atoms with Crippen molar-refractivity contribution in [1.29, 1.82) is 0 Å². The molecule has 144 valence electrons. The molecule has 0 fully saturated rings. The third kappa shape index (κ3) is 4.68. The molecule has 0 spiro atoms. The van der Waals surface area contributed by atoms with Crippen molar-refractivity contribution in [1.82, 2.24) is 0 Å². The van der Waals surface area contributed by atoms with E-state index in [0.717, 1.165) is 35.4 Å². The van der Waals surface area contributed by atoms with Crippen LogP contribution in [0, 0.1) is 67.7 Å². The first-order chi connectivity index (χ1) is 13.7. The zero-order valence-electron chi connectivity index (χ0n) is 16.1. The second kappa shape index (κ2) is 8.25. The van der Waals surface area contributed by atoms with E-state index >= 15 is 0 Å². The molecular weight excluding hydrogens is 376 g/mol. The van der Waals surface area contributed by atoms with Crippen LogP contribution in [-0.4, -0.2) is 0 Å². The molecule has 0 amide bonds. The average Bonchev–Trinajstić information content (AvgIpc) is 2.61. The molecule has 0 unspecified atom stereocenters. The van der Waals surface area contributed by atoms with Crippen LogP contribution in [-0.2, 0) is 0 Å². The summed E-state index contributed by atoms with van der Waals surface area (Å²) in [5, 5.41) is 0. The number of hydrogen-bond donors (Lipinski definition) is 0. The predicted molar refractivity (Wildman–Crippen MR) is 105 cm³/mol. The van der Waals surface area contributed by atoms with E-state index in [2.05, 4.69) is 23.7 Å². The van der Waals surface area contributed by atoms with Crippen LogP contribution >= 0.6 is 0 Å². The normalized spacial score (nSPS) is 10.0. The quantitative estimate of drug-likeness (QED) is 0.327. The molecule has 0 aromatic heterocycles. The summed E-state index contributed by atoms with van der Waals surface area (Å²) in [4.78, 5) is 0. The maximum absolute atomic E-state index is 14.4. The highest BCUT2D eigenvalue weighted by Gasteiger charge is 2.10. The van der Waals surface area contributed by atoms with Gasteiger partial charge in [0.05, 0.1) is 11.1 Å². The summed E-state index contributed by atoms with van der Waals surface area (Å²) >= 11 is 0. The van der Waals surface area contributed by atoms with E-state index in [9.17, 15) is 17.6 Å². The minimum absolute atomic E-state index is 0.0450. The SMILES string of the molecule is Cc1ccc(C#Cc2c(F)cc(C#Cc3c(F)cc(C)cc3F)cc2F)c(C)c1. The molecule has 0 radical (unpaired) electrons. The van der Waals surface area contributed by atoms with Crippen molar-refractivity contribution >= 4 is 0 Å². The molecule has 0 N–H and O–H groups in total. The van der Waals surface area contributed by atoms with Crippen LogP contribution in [0.15, 0.2) is 42.5 Å². The summed E-state index contributed by atoms with van der Waals surface area (Å²) in [5.74, 6) is 6.55. The van der Waals surface area contributed by atoms with E-state index in [4.69, 9.17) is 0 Å². The molecule has 0 aliphatic rings. The molecule has 0 saturated carbocycles. The minimum atomic E-state index is -0.892. The van der Waals surface area contributed by atoms with Gasteiger partial charge in [-0.15, -0.1) is 0 Å². The first-order valence-corrected chi connectivity index (χ1v) is 8.80. The lowest BCUT2D eigenvalue weighted by molar-refractivity contribution is 0.575. The molecule has 0 saturated heterocycles. The summed E-state index contributed by atoms with van der Waals surface area (Å²) in [5.41, 5.74) is 2.17. The Bertz CT molecular complexity index is 1190. The van der Waals surface area contributed by atoms with Crippen LogP contribution in [0.25, 0.3) is 0 Å². The highest BCUT2D eigenvalue weighted by atomic mass is 19.1. The van der Waals surface area contributed by atoms with Crippen LogP contribution in [0.5, 0.6) is 0 Å². The van der Waals surface area contributed by atoms with Gasteiger partial charge >= 0.3 is 0 Å². The van der Waals surface area contributed by atoms with Gasteiger partial charge in [0.2, 0.25) is 0 Å². The summed E-state index contributed by atoms with van der Waals surface area (Å²) in [6.07, 6.45) is 0. The highest BCUT2D eigenvalue weighted by molar-refractivity contribution is 5.51. The van der Waals surface area contributed by atoms with Gasteiger partial charge in [-0.05, 0) is 62.2 Å². The van der Waals surface area contributed by atoms with Crippen molar-refractivity contribution in [2.75, 3.05) is 0 Å². The third-order valence-corrected chi connectivity index (χ3v) is 4.26. The van der Waals surface area contributed by atoms with E-state index in [0.29, 0.717) is 11.1 Å². The Labute approximate surface area is 167 Å². The van der Waals surface area contributed by atoms with E-state index < -0.39 is 28.8 Å². The molecule has 0 nitrogen and oxygen atoms in total. The van der Waals surface area contributed by atoms with Crippen molar-refractivity contribution in [2.45, 2.75) is 20.8 Å². The Morgan fingerprint density at radius 3 is 1.62 bits per heavy atom. The van der Waals surface area contributed by atoms with Gasteiger partial charge in [-0.3, -0.25) is 0 Å². The van der Waals surface area contributed by atoms with Gasteiger partial charge in [0.25, 0.3) is 0 Å². The topological polar surface area (TPSA) is 0 Å². The molecule has 0 heterocycles. The van der Waals surface area contributed by atoms with E-state index in [1.807, 2.05) is 26.0 Å². The number of halogens is 4. The summed E-state index contributed by atoms with van der Waals surface area (Å²) in [6.45, 7) is 5.36. The Hall–Kier alpha value is -3.50. The molecule has 0 atom stereocenters. The van der Waals surface area contributed by atoms with Gasteiger partial charge in [0.15, 0.2) is 0 Å². The van der Waals surface area contributed by atoms with Gasteiger partial charge in [0.1, 0.15) is 23.3 Å². The van der Waals surface area contributed by atoms with Gasteiger partial charge in [-0.2, -0.15) is 0 Å². The molecule has 3 aromatic rings.